The zero-order chi connectivity index (χ0) is 10.3. The lowest BCUT2D eigenvalue weighted by Crippen LogP contribution is -2.46. The highest BCUT2D eigenvalue weighted by Gasteiger charge is 2.41. The highest BCUT2D eigenvalue weighted by Crippen LogP contribution is 2.35. The minimum atomic E-state index is -0.396. The van der Waals surface area contributed by atoms with Crippen molar-refractivity contribution in [1.82, 2.24) is 5.32 Å². The molecule has 0 unspecified atom stereocenters. The standard InChI is InChI=1S/C11H13NO3/c13-10-7-3-1-4-8(7)15-11(12-10)9-5-2-6-14-9/h2,5-8,11H,1,3-4H2,(H,12,13)/t7-,8+,11-/m1/s1. The highest BCUT2D eigenvalue weighted by atomic mass is 16.5. The lowest BCUT2D eigenvalue weighted by Gasteiger charge is -2.31. The maximum atomic E-state index is 11.7. The number of hydrogen-bond acceptors (Lipinski definition) is 3. The van der Waals surface area contributed by atoms with Gasteiger partial charge in [0.2, 0.25) is 5.91 Å². The van der Waals surface area contributed by atoms with Crippen molar-refractivity contribution < 1.29 is 13.9 Å². The van der Waals surface area contributed by atoms with E-state index in [1.807, 2.05) is 6.07 Å². The summed E-state index contributed by atoms with van der Waals surface area (Å²) < 4.78 is 11.0. The van der Waals surface area contributed by atoms with Crippen molar-refractivity contribution in [2.45, 2.75) is 31.6 Å². The third-order valence-electron chi connectivity index (χ3n) is 3.18. The van der Waals surface area contributed by atoms with Gasteiger partial charge in [-0.1, -0.05) is 0 Å². The maximum Gasteiger partial charge on any atom is 0.228 e. The molecule has 0 bridgehead atoms. The Morgan fingerprint density at radius 1 is 1.40 bits per heavy atom. The molecular formula is C11H13NO3. The number of nitrogens with one attached hydrogen (secondary N) is 1. The van der Waals surface area contributed by atoms with Crippen LogP contribution in [0.5, 0.6) is 0 Å². The van der Waals surface area contributed by atoms with Crippen LogP contribution in [-0.4, -0.2) is 12.0 Å². The fraction of sp³-hybridized carbons (Fsp3) is 0.545. The van der Waals surface area contributed by atoms with Crippen LogP contribution in [0.25, 0.3) is 0 Å². The fourth-order valence-electron chi connectivity index (χ4n) is 2.41. The van der Waals surface area contributed by atoms with Gasteiger partial charge in [0, 0.05) is 0 Å². The molecule has 3 atom stereocenters. The van der Waals surface area contributed by atoms with Gasteiger partial charge in [-0.05, 0) is 31.4 Å². The van der Waals surface area contributed by atoms with E-state index < -0.39 is 6.23 Å². The number of ether oxygens (including phenoxy) is 1. The lowest BCUT2D eigenvalue weighted by atomic mass is 10.0. The van der Waals surface area contributed by atoms with Crippen molar-refractivity contribution in [3.8, 4) is 0 Å². The molecule has 2 fully saturated rings. The molecule has 4 nitrogen and oxygen atoms in total. The Bertz CT molecular complexity index is 360. The largest absolute Gasteiger partial charge is 0.465 e. The molecule has 1 aliphatic carbocycles. The van der Waals surface area contributed by atoms with E-state index in [0.717, 1.165) is 19.3 Å². The smallest absolute Gasteiger partial charge is 0.228 e. The van der Waals surface area contributed by atoms with Crippen LogP contribution in [0.1, 0.15) is 31.3 Å². The molecule has 4 heteroatoms. The molecule has 15 heavy (non-hydrogen) atoms. The Morgan fingerprint density at radius 2 is 2.33 bits per heavy atom. The Labute approximate surface area is 87.6 Å². The molecule has 1 saturated carbocycles. The number of carbonyl (C=O) groups is 1. The summed E-state index contributed by atoms with van der Waals surface area (Å²) in [4.78, 5) is 11.7. The highest BCUT2D eigenvalue weighted by molar-refractivity contribution is 5.80. The van der Waals surface area contributed by atoms with Crippen LogP contribution in [0.2, 0.25) is 0 Å². The number of amides is 1. The summed E-state index contributed by atoms with van der Waals surface area (Å²) in [6.07, 6.45) is 4.27. The Hall–Kier alpha value is -1.29. The molecular weight excluding hydrogens is 194 g/mol. The van der Waals surface area contributed by atoms with E-state index >= 15 is 0 Å². The van der Waals surface area contributed by atoms with E-state index in [1.54, 1.807) is 12.3 Å². The molecule has 3 rings (SSSR count). The number of rotatable bonds is 1. The van der Waals surface area contributed by atoms with Crippen molar-refractivity contribution in [2.75, 3.05) is 0 Å². The average molecular weight is 207 g/mol. The summed E-state index contributed by atoms with van der Waals surface area (Å²) in [7, 11) is 0. The topological polar surface area (TPSA) is 51.5 Å². The summed E-state index contributed by atoms with van der Waals surface area (Å²) >= 11 is 0. The van der Waals surface area contributed by atoms with E-state index in [2.05, 4.69) is 5.32 Å². The second-order valence-corrected chi connectivity index (χ2v) is 4.12. The molecule has 80 valence electrons. The summed E-state index contributed by atoms with van der Waals surface area (Å²) in [6.45, 7) is 0. The normalized spacial score (nSPS) is 34.9. The van der Waals surface area contributed by atoms with Gasteiger partial charge in [-0.3, -0.25) is 4.79 Å². The summed E-state index contributed by atoms with van der Waals surface area (Å²) in [6, 6.07) is 3.62. The second-order valence-electron chi connectivity index (χ2n) is 4.12. The number of hydrogen-bond donors (Lipinski definition) is 1. The van der Waals surface area contributed by atoms with Gasteiger partial charge in [0.25, 0.3) is 0 Å². The van der Waals surface area contributed by atoms with E-state index in [1.165, 1.54) is 0 Å². The molecule has 0 aromatic carbocycles. The first-order valence-corrected chi connectivity index (χ1v) is 5.34. The minimum absolute atomic E-state index is 0.0520. The summed E-state index contributed by atoms with van der Waals surface area (Å²) in [5.74, 6) is 0.829. The van der Waals surface area contributed by atoms with Gasteiger partial charge in [0.15, 0.2) is 12.0 Å². The number of furan rings is 1. The van der Waals surface area contributed by atoms with Crippen LogP contribution in [0.15, 0.2) is 22.8 Å². The van der Waals surface area contributed by atoms with Crippen LogP contribution in [-0.2, 0) is 9.53 Å². The molecule has 2 aliphatic rings. The second kappa shape index (κ2) is 3.38. The Morgan fingerprint density at radius 3 is 3.13 bits per heavy atom. The van der Waals surface area contributed by atoms with Crippen molar-refractivity contribution in [2.24, 2.45) is 5.92 Å². The summed E-state index contributed by atoms with van der Waals surface area (Å²) in [5, 5.41) is 2.84. The van der Waals surface area contributed by atoms with Crippen molar-refractivity contribution >= 4 is 5.91 Å². The maximum absolute atomic E-state index is 11.7. The third kappa shape index (κ3) is 1.45. The first kappa shape index (κ1) is 8.97. The van der Waals surface area contributed by atoms with Gasteiger partial charge in [0.05, 0.1) is 18.3 Å². The van der Waals surface area contributed by atoms with Crippen molar-refractivity contribution in [1.29, 1.82) is 0 Å². The third-order valence-corrected chi connectivity index (χ3v) is 3.18. The number of fused-ring (bicyclic) bond motifs is 1. The first-order chi connectivity index (χ1) is 7.34. The Balaban J connectivity index is 1.81. The Kier molecular flexibility index (Phi) is 2.02. The quantitative estimate of drug-likeness (QED) is 0.760. The average Bonchev–Trinajstić information content (AvgIpc) is 2.88. The zero-order valence-corrected chi connectivity index (χ0v) is 8.31. The predicted octanol–water partition coefficient (Wildman–Crippen LogP) is 1.59. The van der Waals surface area contributed by atoms with Crippen LogP contribution < -0.4 is 5.32 Å². The molecule has 1 aromatic heterocycles. The molecule has 1 saturated heterocycles. The zero-order valence-electron chi connectivity index (χ0n) is 8.31. The fourth-order valence-corrected chi connectivity index (χ4v) is 2.41. The summed E-state index contributed by atoms with van der Waals surface area (Å²) in [5.41, 5.74) is 0. The van der Waals surface area contributed by atoms with E-state index in [9.17, 15) is 4.79 Å². The molecule has 1 aromatic rings. The lowest BCUT2D eigenvalue weighted by molar-refractivity contribution is -0.152. The molecule has 1 N–H and O–H groups in total. The molecule has 0 radical (unpaired) electrons. The van der Waals surface area contributed by atoms with Crippen LogP contribution in [0, 0.1) is 5.92 Å². The van der Waals surface area contributed by atoms with E-state index in [0.29, 0.717) is 5.76 Å². The molecule has 1 amide bonds. The van der Waals surface area contributed by atoms with E-state index in [-0.39, 0.29) is 17.9 Å². The monoisotopic (exact) mass is 207 g/mol. The van der Waals surface area contributed by atoms with E-state index in [4.69, 9.17) is 9.15 Å². The molecule has 0 spiro atoms. The molecule has 2 heterocycles. The van der Waals surface area contributed by atoms with Gasteiger partial charge < -0.3 is 14.5 Å². The predicted molar refractivity (Wildman–Crippen MR) is 51.8 cm³/mol. The first-order valence-electron chi connectivity index (χ1n) is 5.34. The SMILES string of the molecule is O=C1N[C@@H](c2ccco2)O[C@H]2CCC[C@@H]12. The van der Waals surface area contributed by atoms with Crippen LogP contribution in [0.4, 0.5) is 0 Å². The van der Waals surface area contributed by atoms with Gasteiger partial charge in [0.1, 0.15) is 0 Å². The minimum Gasteiger partial charge on any atom is -0.465 e. The van der Waals surface area contributed by atoms with Crippen LogP contribution >= 0.6 is 0 Å². The van der Waals surface area contributed by atoms with Gasteiger partial charge >= 0.3 is 0 Å². The van der Waals surface area contributed by atoms with Gasteiger partial charge in [-0.2, -0.15) is 0 Å². The molecule has 1 aliphatic heterocycles. The van der Waals surface area contributed by atoms with Crippen molar-refractivity contribution in [3.05, 3.63) is 24.2 Å². The number of carbonyl (C=O) groups excluding carboxylic acids is 1. The van der Waals surface area contributed by atoms with Gasteiger partial charge in [-0.25, -0.2) is 0 Å². The van der Waals surface area contributed by atoms with Crippen molar-refractivity contribution in [3.63, 3.8) is 0 Å². The van der Waals surface area contributed by atoms with Gasteiger partial charge in [-0.15, -0.1) is 0 Å². The van der Waals surface area contributed by atoms with Crippen LogP contribution in [0.3, 0.4) is 0 Å².